The molecule has 0 N–H and O–H groups in total. The van der Waals surface area contributed by atoms with Gasteiger partial charge in [0.05, 0.1) is 11.5 Å². The molecule has 0 radical (unpaired) electrons. The van der Waals surface area contributed by atoms with Crippen LogP contribution in [0, 0.1) is 6.92 Å². The molecule has 2 aliphatic rings. The highest BCUT2D eigenvalue weighted by Crippen LogP contribution is 2.22. The number of aromatic nitrogens is 2. The van der Waals surface area contributed by atoms with Crippen LogP contribution in [0.1, 0.15) is 31.4 Å². The van der Waals surface area contributed by atoms with E-state index in [9.17, 15) is 9.59 Å². The Morgan fingerprint density at radius 2 is 1.44 bits per heavy atom. The van der Waals surface area contributed by atoms with Crippen molar-refractivity contribution in [2.24, 2.45) is 0 Å². The summed E-state index contributed by atoms with van der Waals surface area (Å²) in [6, 6.07) is 1.90. The maximum atomic E-state index is 12.2. The summed E-state index contributed by atoms with van der Waals surface area (Å²) in [5.74, 6) is 1.12. The van der Waals surface area contributed by atoms with E-state index in [2.05, 4.69) is 9.97 Å². The van der Waals surface area contributed by atoms with Gasteiger partial charge in [0.25, 0.3) is 0 Å². The van der Waals surface area contributed by atoms with Crippen molar-refractivity contribution >= 4 is 35.3 Å². The highest BCUT2D eigenvalue weighted by atomic mass is 32.2. The standard InChI is InChI=1S/C17H24N4O2S2/c1-13-10-14(24-11-15(22)20-6-2-3-7-20)19-17(18-13)25-12-16(23)21-8-4-5-9-21/h10H,2-9,11-12H2,1H3. The number of likely N-dealkylation sites (tertiary alicyclic amines) is 2. The number of thioether (sulfide) groups is 2. The predicted octanol–water partition coefficient (Wildman–Crippen LogP) is 2.21. The fourth-order valence-electron chi connectivity index (χ4n) is 3.03. The monoisotopic (exact) mass is 380 g/mol. The molecule has 2 saturated heterocycles. The molecule has 0 aliphatic carbocycles. The lowest BCUT2D eigenvalue weighted by Crippen LogP contribution is -2.29. The second-order valence-corrected chi connectivity index (χ2v) is 8.32. The maximum Gasteiger partial charge on any atom is 0.233 e. The van der Waals surface area contributed by atoms with Crippen molar-refractivity contribution in [1.29, 1.82) is 0 Å². The lowest BCUT2D eigenvalue weighted by Gasteiger charge is -2.15. The SMILES string of the molecule is Cc1cc(SCC(=O)N2CCCC2)nc(SCC(=O)N2CCCC2)n1. The maximum absolute atomic E-state index is 12.2. The number of hydrogen-bond donors (Lipinski definition) is 0. The molecule has 3 rings (SSSR count). The average Bonchev–Trinajstić information content (AvgIpc) is 3.30. The Morgan fingerprint density at radius 1 is 0.920 bits per heavy atom. The first-order valence-corrected chi connectivity index (χ1v) is 10.8. The first-order chi connectivity index (χ1) is 12.1. The quantitative estimate of drug-likeness (QED) is 0.428. The lowest BCUT2D eigenvalue weighted by molar-refractivity contribution is -0.128. The van der Waals surface area contributed by atoms with Crippen LogP contribution < -0.4 is 0 Å². The van der Waals surface area contributed by atoms with Crippen molar-refractivity contribution in [2.45, 2.75) is 42.8 Å². The second kappa shape index (κ2) is 8.89. The molecule has 0 atom stereocenters. The molecule has 25 heavy (non-hydrogen) atoms. The first-order valence-electron chi connectivity index (χ1n) is 8.78. The molecule has 136 valence electrons. The minimum Gasteiger partial charge on any atom is -0.342 e. The number of carbonyl (C=O) groups is 2. The molecule has 2 fully saturated rings. The molecule has 0 unspecified atom stereocenters. The predicted molar refractivity (Wildman–Crippen MR) is 99.8 cm³/mol. The van der Waals surface area contributed by atoms with Crippen LogP contribution in [0.5, 0.6) is 0 Å². The topological polar surface area (TPSA) is 66.4 Å². The van der Waals surface area contributed by atoms with E-state index < -0.39 is 0 Å². The third-order valence-electron chi connectivity index (χ3n) is 4.40. The van der Waals surface area contributed by atoms with Crippen LogP contribution in [0.3, 0.4) is 0 Å². The first kappa shape index (κ1) is 18.5. The molecule has 0 bridgehead atoms. The van der Waals surface area contributed by atoms with Crippen LogP contribution in [0.2, 0.25) is 0 Å². The third kappa shape index (κ3) is 5.34. The number of rotatable bonds is 6. The molecule has 6 nitrogen and oxygen atoms in total. The number of carbonyl (C=O) groups excluding carboxylic acids is 2. The Balaban J connectivity index is 1.52. The van der Waals surface area contributed by atoms with Crippen LogP contribution in [0.15, 0.2) is 16.2 Å². The number of hydrogen-bond acceptors (Lipinski definition) is 6. The molecule has 2 amide bonds. The Labute approximate surface area is 157 Å². The van der Waals surface area contributed by atoms with Gasteiger partial charge in [0, 0.05) is 31.9 Å². The van der Waals surface area contributed by atoms with Crippen molar-refractivity contribution in [3.63, 3.8) is 0 Å². The van der Waals surface area contributed by atoms with Gasteiger partial charge in [0.2, 0.25) is 11.8 Å². The number of aryl methyl sites for hydroxylation is 1. The summed E-state index contributed by atoms with van der Waals surface area (Å²) in [7, 11) is 0. The second-order valence-electron chi connectivity index (χ2n) is 6.38. The minimum absolute atomic E-state index is 0.158. The van der Waals surface area contributed by atoms with E-state index in [0.29, 0.717) is 16.7 Å². The van der Waals surface area contributed by atoms with Gasteiger partial charge >= 0.3 is 0 Å². The summed E-state index contributed by atoms with van der Waals surface area (Å²) in [4.78, 5) is 37.0. The summed E-state index contributed by atoms with van der Waals surface area (Å²) >= 11 is 2.83. The highest BCUT2D eigenvalue weighted by Gasteiger charge is 2.20. The van der Waals surface area contributed by atoms with Crippen LogP contribution in [-0.2, 0) is 9.59 Å². The number of amides is 2. The Morgan fingerprint density at radius 3 is 2.00 bits per heavy atom. The zero-order valence-corrected chi connectivity index (χ0v) is 16.2. The zero-order chi connectivity index (χ0) is 17.6. The van der Waals surface area contributed by atoms with Gasteiger partial charge in [-0.05, 0) is 38.7 Å². The average molecular weight is 381 g/mol. The molecule has 0 saturated carbocycles. The van der Waals surface area contributed by atoms with E-state index in [-0.39, 0.29) is 11.8 Å². The van der Waals surface area contributed by atoms with Crippen LogP contribution >= 0.6 is 23.5 Å². The Hall–Kier alpha value is -1.28. The third-order valence-corrected chi connectivity index (χ3v) is 6.12. The van der Waals surface area contributed by atoms with E-state index in [0.717, 1.165) is 62.6 Å². The molecule has 8 heteroatoms. The molecule has 3 heterocycles. The van der Waals surface area contributed by atoms with Crippen molar-refractivity contribution in [2.75, 3.05) is 37.7 Å². The summed E-state index contributed by atoms with van der Waals surface area (Å²) < 4.78 is 0. The van der Waals surface area contributed by atoms with Gasteiger partial charge in [-0.3, -0.25) is 9.59 Å². The van der Waals surface area contributed by atoms with Gasteiger partial charge in [-0.25, -0.2) is 9.97 Å². The van der Waals surface area contributed by atoms with Crippen molar-refractivity contribution in [1.82, 2.24) is 19.8 Å². The van der Waals surface area contributed by atoms with Crippen molar-refractivity contribution in [3.8, 4) is 0 Å². The highest BCUT2D eigenvalue weighted by molar-refractivity contribution is 8.00. The molecule has 2 aliphatic heterocycles. The van der Waals surface area contributed by atoms with Gasteiger partial charge < -0.3 is 9.80 Å². The Kier molecular flexibility index (Phi) is 6.58. The van der Waals surface area contributed by atoms with Gasteiger partial charge in [0.1, 0.15) is 5.03 Å². The summed E-state index contributed by atoms with van der Waals surface area (Å²) in [6.45, 7) is 5.41. The van der Waals surface area contributed by atoms with E-state index >= 15 is 0 Å². The lowest BCUT2D eigenvalue weighted by atomic mass is 10.4. The van der Waals surface area contributed by atoms with Gasteiger partial charge in [-0.15, -0.1) is 0 Å². The number of nitrogens with zero attached hydrogens (tertiary/aromatic N) is 4. The summed E-state index contributed by atoms with van der Waals surface area (Å²) in [5.41, 5.74) is 0.863. The van der Waals surface area contributed by atoms with E-state index in [1.165, 1.54) is 23.5 Å². The van der Waals surface area contributed by atoms with Crippen LogP contribution in [0.4, 0.5) is 0 Å². The van der Waals surface area contributed by atoms with Crippen LogP contribution in [-0.4, -0.2) is 69.3 Å². The largest absolute Gasteiger partial charge is 0.342 e. The van der Waals surface area contributed by atoms with Crippen molar-refractivity contribution < 1.29 is 9.59 Å². The Bertz CT molecular complexity index is 579. The van der Waals surface area contributed by atoms with E-state index in [1.807, 2.05) is 22.8 Å². The van der Waals surface area contributed by atoms with Crippen molar-refractivity contribution in [3.05, 3.63) is 11.8 Å². The summed E-state index contributed by atoms with van der Waals surface area (Å²) in [6.07, 6.45) is 4.41. The van der Waals surface area contributed by atoms with E-state index in [4.69, 9.17) is 0 Å². The van der Waals surface area contributed by atoms with Gasteiger partial charge in [0.15, 0.2) is 5.16 Å². The molecular formula is C17H24N4O2S2. The minimum atomic E-state index is 0.158. The molecular weight excluding hydrogens is 356 g/mol. The molecule has 1 aromatic rings. The fourth-order valence-corrected chi connectivity index (χ4v) is 4.75. The fraction of sp³-hybridized carbons (Fsp3) is 0.647. The smallest absolute Gasteiger partial charge is 0.233 e. The molecule has 0 aromatic carbocycles. The molecule has 1 aromatic heterocycles. The normalized spacial score (nSPS) is 17.3. The summed E-state index contributed by atoms with van der Waals surface area (Å²) in [5, 5.41) is 1.42. The van der Waals surface area contributed by atoms with Gasteiger partial charge in [-0.2, -0.15) is 0 Å². The zero-order valence-electron chi connectivity index (χ0n) is 14.6. The van der Waals surface area contributed by atoms with Crippen LogP contribution in [0.25, 0.3) is 0 Å². The molecule has 0 spiro atoms. The van der Waals surface area contributed by atoms with Gasteiger partial charge in [-0.1, -0.05) is 23.5 Å². The van der Waals surface area contributed by atoms with E-state index in [1.54, 1.807) is 0 Å².